The monoisotopic (exact) mass is 221 g/mol. The highest BCUT2D eigenvalue weighted by Crippen LogP contribution is 2.21. The van der Waals surface area contributed by atoms with Crippen molar-refractivity contribution in [1.82, 2.24) is 15.0 Å². The van der Waals surface area contributed by atoms with Crippen molar-refractivity contribution < 1.29 is 4.79 Å². The molecule has 0 fully saturated rings. The van der Waals surface area contributed by atoms with E-state index in [4.69, 9.17) is 11.6 Å². The normalized spacial score (nSPS) is 11.3. The molecule has 0 saturated carbocycles. The maximum atomic E-state index is 10.1. The van der Waals surface area contributed by atoms with Gasteiger partial charge in [-0.05, 0) is 0 Å². The number of rotatable bonds is 3. The van der Waals surface area contributed by atoms with E-state index in [0.717, 1.165) is 17.4 Å². The minimum Gasteiger partial charge on any atom is -0.357 e. The first-order valence-corrected chi connectivity index (χ1v) is 4.78. The molecule has 2 aromatic rings. The molecule has 1 N–H and O–H groups in total. The standard InChI is InChI=1S/C10H8ClN3O/c11-10-9-8(13-6-14-10)7(5-12-9)3-1-2-4-15/h1,3-6,12H,2H2. The van der Waals surface area contributed by atoms with Gasteiger partial charge in [0.1, 0.15) is 23.6 Å². The largest absolute Gasteiger partial charge is 0.357 e. The number of hydrogen-bond donors (Lipinski definition) is 1. The Morgan fingerprint density at radius 2 is 2.33 bits per heavy atom. The van der Waals surface area contributed by atoms with Crippen molar-refractivity contribution >= 4 is 35.0 Å². The van der Waals surface area contributed by atoms with Gasteiger partial charge in [-0.25, -0.2) is 9.97 Å². The summed E-state index contributed by atoms with van der Waals surface area (Å²) in [6.45, 7) is 0. The molecule has 4 nitrogen and oxygen atoms in total. The Kier molecular flexibility index (Phi) is 2.78. The van der Waals surface area contributed by atoms with Crippen LogP contribution in [0.5, 0.6) is 0 Å². The second kappa shape index (κ2) is 4.23. The van der Waals surface area contributed by atoms with Gasteiger partial charge in [0.15, 0.2) is 5.15 Å². The van der Waals surface area contributed by atoms with Gasteiger partial charge in [-0.1, -0.05) is 23.8 Å². The molecular formula is C10H8ClN3O. The third-order valence-electron chi connectivity index (χ3n) is 1.98. The summed E-state index contributed by atoms with van der Waals surface area (Å²) in [7, 11) is 0. The maximum absolute atomic E-state index is 10.1. The van der Waals surface area contributed by atoms with Crippen molar-refractivity contribution in [2.45, 2.75) is 6.42 Å². The molecule has 0 bridgehead atoms. The fraction of sp³-hybridized carbons (Fsp3) is 0.100. The minimum absolute atomic E-state index is 0.394. The van der Waals surface area contributed by atoms with Crippen LogP contribution in [0.15, 0.2) is 18.6 Å². The number of carbonyl (C=O) groups is 1. The second-order valence-corrected chi connectivity index (χ2v) is 3.29. The van der Waals surface area contributed by atoms with Gasteiger partial charge < -0.3 is 9.78 Å². The summed E-state index contributed by atoms with van der Waals surface area (Å²) in [5.74, 6) is 0. The van der Waals surface area contributed by atoms with E-state index in [1.807, 2.05) is 6.08 Å². The Bertz CT molecular complexity index is 518. The third kappa shape index (κ3) is 1.89. The summed E-state index contributed by atoms with van der Waals surface area (Å²) in [6, 6.07) is 0. The minimum atomic E-state index is 0.394. The van der Waals surface area contributed by atoms with Crippen LogP contribution in [0.25, 0.3) is 17.1 Å². The third-order valence-corrected chi connectivity index (χ3v) is 2.26. The zero-order valence-electron chi connectivity index (χ0n) is 7.77. The lowest BCUT2D eigenvalue weighted by Crippen LogP contribution is -1.81. The van der Waals surface area contributed by atoms with Gasteiger partial charge in [0.25, 0.3) is 0 Å². The molecule has 76 valence electrons. The number of aldehydes is 1. The molecule has 0 spiro atoms. The first-order chi connectivity index (χ1) is 7.33. The number of halogens is 1. The van der Waals surface area contributed by atoms with Crippen LogP contribution in [0, 0.1) is 0 Å². The lowest BCUT2D eigenvalue weighted by atomic mass is 10.2. The maximum Gasteiger partial charge on any atom is 0.156 e. The Balaban J connectivity index is 2.45. The predicted octanol–water partition coefficient (Wildman–Crippen LogP) is 2.21. The average molecular weight is 222 g/mol. The molecule has 0 amide bonds. The molecule has 2 heterocycles. The molecule has 0 atom stereocenters. The smallest absolute Gasteiger partial charge is 0.156 e. The average Bonchev–Trinajstić information content (AvgIpc) is 2.64. The Morgan fingerprint density at radius 1 is 1.47 bits per heavy atom. The van der Waals surface area contributed by atoms with Gasteiger partial charge >= 0.3 is 0 Å². The molecule has 0 aliphatic heterocycles. The van der Waals surface area contributed by atoms with Crippen LogP contribution in [-0.4, -0.2) is 21.2 Å². The summed E-state index contributed by atoms with van der Waals surface area (Å²) in [4.78, 5) is 21.1. The van der Waals surface area contributed by atoms with Crippen LogP contribution in [0.1, 0.15) is 12.0 Å². The summed E-state index contributed by atoms with van der Waals surface area (Å²) in [5.41, 5.74) is 2.37. The van der Waals surface area contributed by atoms with E-state index in [1.54, 1.807) is 12.3 Å². The van der Waals surface area contributed by atoms with E-state index in [0.29, 0.717) is 17.1 Å². The number of fused-ring (bicyclic) bond motifs is 1. The SMILES string of the molecule is O=CCC=Cc1c[nH]c2c(Cl)ncnc12. The van der Waals surface area contributed by atoms with Gasteiger partial charge in [-0.2, -0.15) is 0 Å². The Hall–Kier alpha value is -1.68. The van der Waals surface area contributed by atoms with Crippen LogP contribution < -0.4 is 0 Å². The van der Waals surface area contributed by atoms with Crippen LogP contribution in [0.4, 0.5) is 0 Å². The van der Waals surface area contributed by atoms with Gasteiger partial charge in [0, 0.05) is 18.2 Å². The van der Waals surface area contributed by atoms with Crippen LogP contribution in [-0.2, 0) is 4.79 Å². The first-order valence-electron chi connectivity index (χ1n) is 4.40. The van der Waals surface area contributed by atoms with Crippen molar-refractivity contribution in [2.24, 2.45) is 0 Å². The van der Waals surface area contributed by atoms with E-state index in [1.165, 1.54) is 6.33 Å². The molecule has 0 aliphatic carbocycles. The summed E-state index contributed by atoms with van der Waals surface area (Å²) in [6.07, 6.45) is 8.03. The molecule has 2 aromatic heterocycles. The molecular weight excluding hydrogens is 214 g/mol. The van der Waals surface area contributed by atoms with Crippen molar-refractivity contribution in [3.8, 4) is 0 Å². The zero-order valence-corrected chi connectivity index (χ0v) is 8.53. The van der Waals surface area contributed by atoms with Gasteiger partial charge in [0.05, 0.1) is 0 Å². The Morgan fingerprint density at radius 3 is 3.13 bits per heavy atom. The molecule has 2 rings (SSSR count). The number of allylic oxidation sites excluding steroid dienone is 1. The van der Waals surface area contributed by atoms with E-state index in [9.17, 15) is 4.79 Å². The number of nitrogens with one attached hydrogen (secondary N) is 1. The van der Waals surface area contributed by atoms with E-state index < -0.39 is 0 Å². The summed E-state index contributed by atoms with van der Waals surface area (Å²) >= 11 is 5.87. The van der Waals surface area contributed by atoms with Crippen molar-refractivity contribution in [3.63, 3.8) is 0 Å². The van der Waals surface area contributed by atoms with Crippen LogP contribution >= 0.6 is 11.6 Å². The lowest BCUT2D eigenvalue weighted by molar-refractivity contribution is -0.107. The van der Waals surface area contributed by atoms with E-state index in [-0.39, 0.29) is 0 Å². The highest BCUT2D eigenvalue weighted by atomic mass is 35.5. The fourth-order valence-corrected chi connectivity index (χ4v) is 1.49. The number of aromatic nitrogens is 3. The van der Waals surface area contributed by atoms with Crippen molar-refractivity contribution in [2.75, 3.05) is 0 Å². The van der Waals surface area contributed by atoms with Gasteiger partial charge in [-0.3, -0.25) is 0 Å². The number of hydrogen-bond acceptors (Lipinski definition) is 3. The second-order valence-electron chi connectivity index (χ2n) is 2.94. The Labute approximate surface area is 91.0 Å². The highest BCUT2D eigenvalue weighted by molar-refractivity contribution is 6.33. The van der Waals surface area contributed by atoms with E-state index in [2.05, 4.69) is 15.0 Å². The number of aromatic amines is 1. The summed E-state index contributed by atoms with van der Waals surface area (Å²) in [5, 5.41) is 0.398. The fourth-order valence-electron chi connectivity index (χ4n) is 1.31. The number of nitrogens with zero attached hydrogens (tertiary/aromatic N) is 2. The zero-order chi connectivity index (χ0) is 10.7. The van der Waals surface area contributed by atoms with Crippen molar-refractivity contribution in [3.05, 3.63) is 29.3 Å². The van der Waals surface area contributed by atoms with Crippen LogP contribution in [0.2, 0.25) is 5.15 Å². The summed E-state index contributed by atoms with van der Waals surface area (Å²) < 4.78 is 0. The molecule has 0 aromatic carbocycles. The highest BCUT2D eigenvalue weighted by Gasteiger charge is 2.05. The number of carbonyl (C=O) groups excluding carboxylic acids is 1. The topological polar surface area (TPSA) is 58.6 Å². The van der Waals surface area contributed by atoms with Crippen molar-refractivity contribution in [1.29, 1.82) is 0 Å². The molecule has 0 aliphatic rings. The molecule has 0 unspecified atom stereocenters. The van der Waals surface area contributed by atoms with Gasteiger partial charge in [-0.15, -0.1) is 0 Å². The van der Waals surface area contributed by atoms with E-state index >= 15 is 0 Å². The lowest BCUT2D eigenvalue weighted by Gasteiger charge is -1.91. The molecule has 0 saturated heterocycles. The van der Waals surface area contributed by atoms with Crippen LogP contribution in [0.3, 0.4) is 0 Å². The predicted molar refractivity (Wildman–Crippen MR) is 58.6 cm³/mol. The molecule has 15 heavy (non-hydrogen) atoms. The molecule has 0 radical (unpaired) electrons. The quantitative estimate of drug-likeness (QED) is 0.639. The first kappa shape index (κ1) is 9.86. The van der Waals surface area contributed by atoms with Gasteiger partial charge in [0.2, 0.25) is 0 Å². The molecule has 5 heteroatoms. The number of H-pyrrole nitrogens is 1.